The van der Waals surface area contributed by atoms with Gasteiger partial charge in [-0.2, -0.15) is 0 Å². The van der Waals surface area contributed by atoms with Crippen molar-refractivity contribution in [3.05, 3.63) is 47.7 Å². The van der Waals surface area contributed by atoms with Gasteiger partial charge in [0.2, 0.25) is 5.91 Å². The Balaban J connectivity index is 1.79. The van der Waals surface area contributed by atoms with E-state index in [1.165, 1.54) is 12.8 Å². The molecular formula is C28H33NO5. The van der Waals surface area contributed by atoms with Crippen molar-refractivity contribution in [2.45, 2.75) is 52.5 Å². The van der Waals surface area contributed by atoms with E-state index in [1.54, 1.807) is 26.6 Å². The molecule has 34 heavy (non-hydrogen) atoms. The van der Waals surface area contributed by atoms with Crippen molar-refractivity contribution >= 4 is 22.4 Å². The highest BCUT2D eigenvalue weighted by atomic mass is 16.5. The van der Waals surface area contributed by atoms with Crippen LogP contribution in [0.2, 0.25) is 0 Å². The molecule has 180 valence electrons. The van der Waals surface area contributed by atoms with Crippen LogP contribution in [0.4, 0.5) is 0 Å². The average molecular weight is 464 g/mol. The number of rotatable bonds is 8. The maximum atomic E-state index is 12.7. The molecule has 1 amide bonds. The number of furan rings is 1. The molecule has 4 rings (SSSR count). The first-order chi connectivity index (χ1) is 16.5. The lowest BCUT2D eigenvalue weighted by molar-refractivity contribution is -0.117. The van der Waals surface area contributed by atoms with E-state index < -0.39 is 0 Å². The fourth-order valence-corrected chi connectivity index (χ4v) is 4.75. The number of carbonyl (C=O) groups is 1. The Bertz CT molecular complexity index is 1220. The highest BCUT2D eigenvalue weighted by Gasteiger charge is 2.21. The second-order valence-electron chi connectivity index (χ2n) is 8.72. The van der Waals surface area contributed by atoms with Crippen molar-refractivity contribution in [2.24, 2.45) is 0 Å². The number of carbonyl (C=O) groups excluding carboxylic acids is 1. The molecule has 0 spiro atoms. The van der Waals surface area contributed by atoms with E-state index in [0.717, 1.165) is 57.4 Å². The summed E-state index contributed by atoms with van der Waals surface area (Å²) in [6.07, 6.45) is 7.89. The number of nitrogens with one attached hydrogen (secondary N) is 1. The third kappa shape index (κ3) is 4.63. The zero-order chi connectivity index (χ0) is 24.2. The Morgan fingerprint density at radius 2 is 1.88 bits per heavy atom. The summed E-state index contributed by atoms with van der Waals surface area (Å²) in [5.41, 5.74) is 5.29. The standard InChI is InChI=1S/C28H33NO5/c1-6-33-27-18(3)28-22(15-21(27)17(2)13-26(30)29-20-9-7-8-10-20)23(16-34-28)19-11-12-24(31-4)25(14-19)32-5/h11-16,20H,6-10H2,1-5H3,(H,29,30)/b17-13+. The second-order valence-corrected chi connectivity index (χ2v) is 8.72. The number of methoxy groups -OCH3 is 2. The molecule has 0 saturated heterocycles. The first-order valence-corrected chi connectivity index (χ1v) is 11.9. The summed E-state index contributed by atoms with van der Waals surface area (Å²) < 4.78 is 22.9. The number of aryl methyl sites for hydroxylation is 1. The zero-order valence-electron chi connectivity index (χ0n) is 20.6. The van der Waals surface area contributed by atoms with Gasteiger partial charge in [0.25, 0.3) is 0 Å². The molecule has 0 bridgehead atoms. The maximum absolute atomic E-state index is 12.7. The molecule has 3 aromatic rings. The van der Waals surface area contributed by atoms with Crippen LogP contribution in [0.15, 0.2) is 41.0 Å². The molecule has 6 heteroatoms. The van der Waals surface area contributed by atoms with Gasteiger partial charge in [0, 0.05) is 34.2 Å². The molecule has 1 fully saturated rings. The zero-order valence-corrected chi connectivity index (χ0v) is 20.6. The molecular weight excluding hydrogens is 430 g/mol. The SMILES string of the molecule is CCOc1c(/C(C)=C/C(=O)NC2CCCC2)cc2c(-c3ccc(OC)c(OC)c3)coc2c1C. The first-order valence-electron chi connectivity index (χ1n) is 11.9. The van der Waals surface area contributed by atoms with E-state index >= 15 is 0 Å². The summed E-state index contributed by atoms with van der Waals surface area (Å²) in [4.78, 5) is 12.7. The van der Waals surface area contributed by atoms with E-state index in [2.05, 4.69) is 11.4 Å². The van der Waals surface area contributed by atoms with Crippen molar-refractivity contribution in [3.63, 3.8) is 0 Å². The van der Waals surface area contributed by atoms with Gasteiger partial charge in [-0.05, 0) is 62.9 Å². The predicted octanol–water partition coefficient (Wildman–Crippen LogP) is 6.29. The van der Waals surface area contributed by atoms with Crippen molar-refractivity contribution < 1.29 is 23.4 Å². The topological polar surface area (TPSA) is 69.9 Å². The molecule has 0 unspecified atom stereocenters. The second kappa shape index (κ2) is 10.2. The maximum Gasteiger partial charge on any atom is 0.244 e. The van der Waals surface area contributed by atoms with Gasteiger partial charge in [0.1, 0.15) is 11.3 Å². The number of benzene rings is 2. The molecule has 1 heterocycles. The Hall–Kier alpha value is -3.41. The smallest absolute Gasteiger partial charge is 0.244 e. The molecule has 1 aliphatic rings. The Morgan fingerprint density at radius 1 is 1.15 bits per heavy atom. The van der Waals surface area contributed by atoms with Gasteiger partial charge in [0.05, 0.1) is 27.1 Å². The fourth-order valence-electron chi connectivity index (χ4n) is 4.75. The number of fused-ring (bicyclic) bond motifs is 1. The van der Waals surface area contributed by atoms with Crippen LogP contribution in [0, 0.1) is 6.92 Å². The Labute approximate surface area is 200 Å². The van der Waals surface area contributed by atoms with Gasteiger partial charge in [0.15, 0.2) is 11.5 Å². The Morgan fingerprint density at radius 3 is 2.56 bits per heavy atom. The fraction of sp³-hybridized carbons (Fsp3) is 0.393. The summed E-state index contributed by atoms with van der Waals surface area (Å²) in [6, 6.07) is 8.13. The van der Waals surface area contributed by atoms with Crippen LogP contribution in [-0.4, -0.2) is 32.8 Å². The normalized spacial score (nSPS) is 14.4. The quantitative estimate of drug-likeness (QED) is 0.398. The van der Waals surface area contributed by atoms with E-state index in [-0.39, 0.29) is 11.9 Å². The number of amides is 1. The highest BCUT2D eigenvalue weighted by molar-refractivity contribution is 6.02. The molecule has 1 saturated carbocycles. The van der Waals surface area contributed by atoms with Gasteiger partial charge in [-0.3, -0.25) is 4.79 Å². The van der Waals surface area contributed by atoms with Crippen molar-refractivity contribution in [1.82, 2.24) is 5.32 Å². The first kappa shape index (κ1) is 23.7. The number of allylic oxidation sites excluding steroid dienone is 1. The summed E-state index contributed by atoms with van der Waals surface area (Å²) in [7, 11) is 3.24. The van der Waals surface area contributed by atoms with E-state index in [0.29, 0.717) is 18.1 Å². The predicted molar refractivity (Wildman–Crippen MR) is 135 cm³/mol. The van der Waals surface area contributed by atoms with Crippen LogP contribution in [0.3, 0.4) is 0 Å². The molecule has 2 aromatic carbocycles. The minimum atomic E-state index is -0.0584. The van der Waals surface area contributed by atoms with Crippen LogP contribution in [-0.2, 0) is 4.79 Å². The summed E-state index contributed by atoms with van der Waals surface area (Å²) >= 11 is 0. The third-order valence-electron chi connectivity index (χ3n) is 6.50. The number of hydrogen-bond donors (Lipinski definition) is 1. The molecule has 1 aliphatic carbocycles. The monoisotopic (exact) mass is 463 g/mol. The lowest BCUT2D eigenvalue weighted by Crippen LogP contribution is -2.31. The van der Waals surface area contributed by atoms with Crippen molar-refractivity contribution in [1.29, 1.82) is 0 Å². The van der Waals surface area contributed by atoms with E-state index in [9.17, 15) is 4.79 Å². The van der Waals surface area contributed by atoms with E-state index in [1.807, 2.05) is 39.0 Å². The van der Waals surface area contributed by atoms with Gasteiger partial charge < -0.3 is 23.9 Å². The van der Waals surface area contributed by atoms with Crippen molar-refractivity contribution in [3.8, 4) is 28.4 Å². The molecule has 1 N–H and O–H groups in total. The van der Waals surface area contributed by atoms with Gasteiger partial charge in [-0.1, -0.05) is 18.9 Å². The van der Waals surface area contributed by atoms with E-state index in [4.69, 9.17) is 18.6 Å². The highest BCUT2D eigenvalue weighted by Crippen LogP contribution is 2.42. The number of hydrogen-bond acceptors (Lipinski definition) is 5. The lowest BCUT2D eigenvalue weighted by Gasteiger charge is -2.16. The largest absolute Gasteiger partial charge is 0.493 e. The minimum Gasteiger partial charge on any atom is -0.493 e. The molecule has 6 nitrogen and oxygen atoms in total. The van der Waals surface area contributed by atoms with Crippen LogP contribution < -0.4 is 19.5 Å². The minimum absolute atomic E-state index is 0.0584. The van der Waals surface area contributed by atoms with Gasteiger partial charge in [-0.25, -0.2) is 0 Å². The summed E-state index contributed by atoms with van der Waals surface area (Å²) in [5, 5.41) is 4.09. The van der Waals surface area contributed by atoms with Crippen molar-refractivity contribution in [2.75, 3.05) is 20.8 Å². The average Bonchev–Trinajstić information content (AvgIpc) is 3.50. The summed E-state index contributed by atoms with van der Waals surface area (Å²) in [5.74, 6) is 2.00. The molecule has 0 radical (unpaired) electrons. The molecule has 0 aliphatic heterocycles. The molecule has 0 atom stereocenters. The molecule has 1 aromatic heterocycles. The van der Waals surface area contributed by atoms with Gasteiger partial charge in [-0.15, -0.1) is 0 Å². The van der Waals surface area contributed by atoms with Crippen LogP contribution >= 0.6 is 0 Å². The number of ether oxygens (including phenoxy) is 3. The Kier molecular flexibility index (Phi) is 7.15. The lowest BCUT2D eigenvalue weighted by atomic mass is 9.96. The van der Waals surface area contributed by atoms with Crippen LogP contribution in [0.25, 0.3) is 27.7 Å². The summed E-state index contributed by atoms with van der Waals surface area (Å²) in [6.45, 7) is 6.42. The van der Waals surface area contributed by atoms with Crippen LogP contribution in [0.1, 0.15) is 50.7 Å². The third-order valence-corrected chi connectivity index (χ3v) is 6.50. The van der Waals surface area contributed by atoms with Gasteiger partial charge >= 0.3 is 0 Å². The van der Waals surface area contributed by atoms with Crippen LogP contribution in [0.5, 0.6) is 17.2 Å².